The molecule has 0 saturated heterocycles. The molecule has 2 atom stereocenters. The molecule has 0 spiro atoms. The van der Waals surface area contributed by atoms with Crippen molar-refractivity contribution in [3.8, 4) is 6.07 Å². The summed E-state index contributed by atoms with van der Waals surface area (Å²) in [4.78, 5) is 1.21. The highest BCUT2D eigenvalue weighted by Gasteiger charge is 2.41. The third kappa shape index (κ3) is 3.85. The van der Waals surface area contributed by atoms with Crippen molar-refractivity contribution in [1.29, 1.82) is 5.26 Å². The topological polar surface area (TPSA) is 63.5 Å². The van der Waals surface area contributed by atoms with Gasteiger partial charge in [0.2, 0.25) is 5.88 Å². The maximum atomic E-state index is 14.8. The lowest BCUT2D eigenvalue weighted by Crippen LogP contribution is -3.16. The van der Waals surface area contributed by atoms with Gasteiger partial charge in [0, 0.05) is 22.3 Å². The Labute approximate surface area is 180 Å². The number of allylic oxidation sites excluding steroid dienone is 1. The Balaban J connectivity index is 1.93. The summed E-state index contributed by atoms with van der Waals surface area (Å²) in [7, 11) is 0. The Morgan fingerprint density at radius 2 is 1.77 bits per heavy atom. The zero-order valence-electron chi connectivity index (χ0n) is 17.5. The predicted molar refractivity (Wildman–Crippen MR) is 114 cm³/mol. The molecule has 0 saturated carbocycles. The minimum Gasteiger partial charge on any atom is -0.440 e. The Morgan fingerprint density at radius 3 is 2.42 bits per heavy atom. The van der Waals surface area contributed by atoms with Crippen LogP contribution in [0.3, 0.4) is 0 Å². The summed E-state index contributed by atoms with van der Waals surface area (Å²) < 4.78 is 35.1. The molecule has 2 aliphatic heterocycles. The third-order valence-electron chi connectivity index (χ3n) is 5.92. The van der Waals surface area contributed by atoms with Crippen LogP contribution in [-0.2, 0) is 4.74 Å². The van der Waals surface area contributed by atoms with Gasteiger partial charge in [-0.15, -0.1) is 0 Å². The number of halogens is 2. The molecule has 0 amide bonds. The van der Waals surface area contributed by atoms with E-state index < -0.39 is 11.7 Å². The highest BCUT2D eigenvalue weighted by molar-refractivity contribution is 5.62. The smallest absolute Gasteiger partial charge is 0.205 e. The summed E-state index contributed by atoms with van der Waals surface area (Å²) in [5.41, 5.74) is 8.70. The Morgan fingerprint density at radius 1 is 1.10 bits per heavy atom. The molecule has 2 aromatic carbocycles. The Bertz CT molecular complexity index is 1160. The van der Waals surface area contributed by atoms with E-state index in [0.29, 0.717) is 30.0 Å². The molecule has 0 aromatic heterocycles. The predicted octanol–water partition coefficient (Wildman–Crippen LogP) is 3.42. The van der Waals surface area contributed by atoms with Gasteiger partial charge in [0.15, 0.2) is 0 Å². The van der Waals surface area contributed by atoms with Crippen molar-refractivity contribution in [2.45, 2.75) is 25.8 Å². The number of nitrogens with zero attached hydrogens (tertiary/aromatic N) is 1. The van der Waals surface area contributed by atoms with Gasteiger partial charge in [0.25, 0.3) is 0 Å². The van der Waals surface area contributed by atoms with E-state index >= 15 is 0 Å². The normalized spacial score (nSPS) is 22.4. The van der Waals surface area contributed by atoms with Crippen LogP contribution in [0, 0.1) is 23.0 Å². The van der Waals surface area contributed by atoms with Gasteiger partial charge < -0.3 is 15.4 Å². The van der Waals surface area contributed by atoms with E-state index in [2.05, 4.69) is 19.9 Å². The molecule has 2 aliphatic rings. The maximum absolute atomic E-state index is 14.8. The van der Waals surface area contributed by atoms with Crippen molar-refractivity contribution in [3.63, 3.8) is 0 Å². The lowest BCUT2D eigenvalue weighted by atomic mass is 9.79. The second kappa shape index (κ2) is 8.37. The molecular weight excluding hydrogens is 396 g/mol. The summed E-state index contributed by atoms with van der Waals surface area (Å²) in [6, 6.07) is 15.3. The number of nitriles is 1. The minimum atomic E-state index is -0.645. The van der Waals surface area contributed by atoms with Crippen LogP contribution >= 0.6 is 0 Å². The van der Waals surface area contributed by atoms with Crippen molar-refractivity contribution >= 4 is 6.08 Å². The van der Waals surface area contributed by atoms with Gasteiger partial charge >= 0.3 is 0 Å². The van der Waals surface area contributed by atoms with Crippen molar-refractivity contribution in [3.05, 3.63) is 99.7 Å². The van der Waals surface area contributed by atoms with Crippen LogP contribution in [0.25, 0.3) is 6.08 Å². The molecule has 4 nitrogen and oxygen atoms in total. The van der Waals surface area contributed by atoms with E-state index in [1.807, 2.05) is 0 Å². The molecule has 0 aliphatic carbocycles. The van der Waals surface area contributed by atoms with E-state index in [4.69, 9.17) is 10.5 Å². The molecule has 4 rings (SSSR count). The average molecular weight is 420 g/mol. The lowest BCUT2D eigenvalue weighted by molar-refractivity contribution is -0.913. The van der Waals surface area contributed by atoms with Gasteiger partial charge in [-0.25, -0.2) is 8.78 Å². The molecule has 0 bridgehead atoms. The Hall–Kier alpha value is -3.43. The van der Waals surface area contributed by atoms with Crippen molar-refractivity contribution in [1.82, 2.24) is 0 Å². The fourth-order valence-corrected chi connectivity index (χ4v) is 4.24. The molecule has 158 valence electrons. The van der Waals surface area contributed by atoms with Crippen molar-refractivity contribution < 1.29 is 18.4 Å². The summed E-state index contributed by atoms with van der Waals surface area (Å²) >= 11 is 0. The quantitative estimate of drug-likeness (QED) is 0.800. The second-order valence-corrected chi connectivity index (χ2v) is 8.16. The number of hydrogen-bond acceptors (Lipinski definition) is 3. The van der Waals surface area contributed by atoms with Gasteiger partial charge in [-0.3, -0.25) is 0 Å². The van der Waals surface area contributed by atoms with Gasteiger partial charge in [-0.05, 0) is 32.1 Å². The van der Waals surface area contributed by atoms with Crippen LogP contribution in [0.15, 0.2) is 76.9 Å². The summed E-state index contributed by atoms with van der Waals surface area (Å²) in [5.74, 6) is -0.915. The maximum Gasteiger partial charge on any atom is 0.205 e. The monoisotopic (exact) mass is 420 g/mol. The molecule has 31 heavy (non-hydrogen) atoms. The number of nitrogens with one attached hydrogen (secondary N) is 1. The van der Waals surface area contributed by atoms with E-state index in [9.17, 15) is 14.0 Å². The molecule has 0 radical (unpaired) electrons. The number of benzene rings is 2. The largest absolute Gasteiger partial charge is 0.440 e. The van der Waals surface area contributed by atoms with E-state index in [1.165, 1.54) is 17.0 Å². The summed E-state index contributed by atoms with van der Waals surface area (Å²) in [6.45, 7) is 5.36. The van der Waals surface area contributed by atoms with Crippen LogP contribution in [0.5, 0.6) is 0 Å². The fraction of sp³-hybridized carbons (Fsp3) is 0.240. The molecular formula is C25H24F2N3O+. The first-order valence-electron chi connectivity index (χ1n) is 10.3. The first-order valence-corrected chi connectivity index (χ1v) is 10.3. The highest BCUT2D eigenvalue weighted by atomic mass is 19.1. The SMILES string of the molecule is CC(C)[NH+]1CC(=Cc2ccccc2F)C2=C(C1)[C@@H](c1ccccc1F)C(C#N)=C(N)O2. The lowest BCUT2D eigenvalue weighted by Gasteiger charge is -2.37. The summed E-state index contributed by atoms with van der Waals surface area (Å²) in [5, 5.41) is 9.80. The first kappa shape index (κ1) is 20.8. The molecule has 6 heteroatoms. The second-order valence-electron chi connectivity index (χ2n) is 8.16. The fourth-order valence-electron chi connectivity index (χ4n) is 4.24. The van der Waals surface area contributed by atoms with Crippen molar-refractivity contribution in [2.24, 2.45) is 5.73 Å². The van der Waals surface area contributed by atoms with Crippen LogP contribution in [0.1, 0.15) is 30.9 Å². The van der Waals surface area contributed by atoms with Crippen LogP contribution in [0.4, 0.5) is 8.78 Å². The van der Waals surface area contributed by atoms with Crippen LogP contribution < -0.4 is 10.6 Å². The number of ether oxygens (including phenoxy) is 1. The van der Waals surface area contributed by atoms with Gasteiger partial charge in [-0.2, -0.15) is 5.26 Å². The minimum absolute atomic E-state index is 0.0399. The van der Waals surface area contributed by atoms with Gasteiger partial charge in [0.05, 0.1) is 12.0 Å². The van der Waals surface area contributed by atoms with E-state index in [0.717, 1.165) is 11.1 Å². The summed E-state index contributed by atoms with van der Waals surface area (Å²) in [6.07, 6.45) is 1.76. The zero-order chi connectivity index (χ0) is 22.1. The molecule has 2 aromatic rings. The van der Waals surface area contributed by atoms with Gasteiger partial charge in [-0.1, -0.05) is 36.4 Å². The van der Waals surface area contributed by atoms with Crippen molar-refractivity contribution in [2.75, 3.05) is 13.1 Å². The molecule has 3 N–H and O–H groups in total. The standard InChI is InChI=1S/C25H23F2N3O/c1-15(2)30-13-17(11-16-7-3-5-9-21(16)26)24-20(14-30)23(19(12-28)25(29)31-24)18-8-4-6-10-22(18)27/h3-11,15,23H,13-14,29H2,1-2H3/p+1/t23-/m0/s1. The number of nitrogens with two attached hydrogens (primary N) is 1. The number of rotatable bonds is 3. The Kier molecular flexibility index (Phi) is 5.62. The van der Waals surface area contributed by atoms with Crippen LogP contribution in [0.2, 0.25) is 0 Å². The van der Waals surface area contributed by atoms with Crippen LogP contribution in [-0.4, -0.2) is 19.1 Å². The highest BCUT2D eigenvalue weighted by Crippen LogP contribution is 2.42. The molecule has 2 heterocycles. The van der Waals surface area contributed by atoms with Gasteiger partial charge in [0.1, 0.15) is 42.1 Å². The van der Waals surface area contributed by atoms with E-state index in [-0.39, 0.29) is 23.3 Å². The third-order valence-corrected chi connectivity index (χ3v) is 5.92. The average Bonchev–Trinajstić information content (AvgIpc) is 2.75. The first-order chi connectivity index (χ1) is 14.9. The molecule has 1 unspecified atom stereocenters. The zero-order valence-corrected chi connectivity index (χ0v) is 17.5. The number of hydrogen-bond donors (Lipinski definition) is 2. The van der Waals surface area contributed by atoms with E-state index in [1.54, 1.807) is 42.5 Å². The molecule has 0 fully saturated rings. The number of quaternary nitrogens is 1.